The van der Waals surface area contributed by atoms with Crippen LogP contribution in [0.5, 0.6) is 0 Å². The van der Waals surface area contributed by atoms with Crippen molar-refractivity contribution >= 4 is 5.97 Å². The summed E-state index contributed by atoms with van der Waals surface area (Å²) in [5.74, 6) is -0.194. The number of esters is 1. The highest BCUT2D eigenvalue weighted by Crippen LogP contribution is 2.16. The van der Waals surface area contributed by atoms with Gasteiger partial charge in [-0.1, -0.05) is 238 Å². The molecular formula is C49H96O4. The van der Waals surface area contributed by atoms with Crippen LogP contribution in [-0.2, 0) is 14.3 Å². The van der Waals surface area contributed by atoms with E-state index in [0.717, 1.165) is 19.3 Å². The Morgan fingerprint density at radius 3 is 1.08 bits per heavy atom. The minimum absolute atomic E-state index is 0.167. The second kappa shape index (κ2) is 47.3. The van der Waals surface area contributed by atoms with Gasteiger partial charge in [0.2, 0.25) is 0 Å². The molecule has 0 rings (SSSR count). The Kier molecular flexibility index (Phi) is 46.5. The molecular weight excluding hydrogens is 653 g/mol. The summed E-state index contributed by atoms with van der Waals surface area (Å²) in [5.41, 5.74) is 0. The quantitative estimate of drug-likeness (QED) is 0.0383. The molecule has 0 saturated heterocycles. The van der Waals surface area contributed by atoms with Gasteiger partial charge < -0.3 is 14.6 Å². The van der Waals surface area contributed by atoms with Gasteiger partial charge in [0.25, 0.3) is 0 Å². The Balaban J connectivity index is 3.35. The number of carbonyl (C=O) groups excluding carboxylic acids is 1. The number of rotatable bonds is 46. The van der Waals surface area contributed by atoms with E-state index >= 15 is 0 Å². The zero-order valence-electron chi connectivity index (χ0n) is 36.3. The third-order valence-corrected chi connectivity index (χ3v) is 11.1. The lowest BCUT2D eigenvalue weighted by molar-refractivity contribution is -0.154. The van der Waals surface area contributed by atoms with Crippen LogP contribution in [0.3, 0.4) is 0 Å². The molecule has 1 unspecified atom stereocenters. The molecule has 0 heterocycles. The van der Waals surface area contributed by atoms with Gasteiger partial charge in [0.05, 0.1) is 13.2 Å². The van der Waals surface area contributed by atoms with Gasteiger partial charge in [0, 0.05) is 13.0 Å². The number of unbranched alkanes of at least 4 members (excludes halogenated alkanes) is 36. The maximum absolute atomic E-state index is 12.2. The summed E-state index contributed by atoms with van der Waals surface area (Å²) in [6.45, 7) is 5.39. The fraction of sp³-hybridized carbons (Fsp3) is 0.939. The fourth-order valence-corrected chi connectivity index (χ4v) is 7.44. The highest BCUT2D eigenvalue weighted by molar-refractivity contribution is 5.69. The standard InChI is InChI=1S/C49H96O4/c1-3-5-7-9-11-13-15-17-19-21-23-24-25-26-27-28-30-32-34-36-38-40-42-44-49(51)53-48(46-50)47-52-45-43-41-39-37-35-33-31-29-22-20-18-16-14-12-10-8-6-4-2/h18,20,48,50H,3-17,19,21-47H2,1-2H3/b20-18-. The van der Waals surface area contributed by atoms with Crippen LogP contribution in [0.4, 0.5) is 0 Å². The second-order valence-electron chi connectivity index (χ2n) is 16.5. The Bertz CT molecular complexity index is 707. The summed E-state index contributed by atoms with van der Waals surface area (Å²) in [6, 6.07) is 0. The first-order valence-electron chi connectivity index (χ1n) is 24.3. The molecule has 0 aromatic rings. The van der Waals surface area contributed by atoms with Crippen LogP contribution in [0, 0.1) is 0 Å². The molecule has 4 nitrogen and oxygen atoms in total. The van der Waals surface area contributed by atoms with Crippen molar-refractivity contribution in [3.05, 3.63) is 12.2 Å². The van der Waals surface area contributed by atoms with E-state index in [9.17, 15) is 9.90 Å². The molecule has 4 heteroatoms. The molecule has 0 aliphatic carbocycles. The van der Waals surface area contributed by atoms with Crippen LogP contribution in [0.2, 0.25) is 0 Å². The first-order valence-corrected chi connectivity index (χ1v) is 24.3. The van der Waals surface area contributed by atoms with Gasteiger partial charge in [0.1, 0.15) is 6.10 Å². The van der Waals surface area contributed by atoms with Crippen LogP contribution in [0.1, 0.15) is 271 Å². The molecule has 0 spiro atoms. The molecule has 0 saturated carbocycles. The normalized spacial score (nSPS) is 12.3. The lowest BCUT2D eigenvalue weighted by atomic mass is 10.0. The first-order chi connectivity index (χ1) is 26.2. The van der Waals surface area contributed by atoms with Gasteiger partial charge in [-0.15, -0.1) is 0 Å². The third kappa shape index (κ3) is 45.4. The van der Waals surface area contributed by atoms with Gasteiger partial charge in [0.15, 0.2) is 0 Å². The zero-order valence-corrected chi connectivity index (χ0v) is 36.3. The summed E-state index contributed by atoms with van der Waals surface area (Å²) in [4.78, 5) is 12.2. The van der Waals surface area contributed by atoms with Gasteiger partial charge >= 0.3 is 5.97 Å². The van der Waals surface area contributed by atoms with E-state index in [-0.39, 0.29) is 12.6 Å². The van der Waals surface area contributed by atoms with E-state index in [1.54, 1.807) is 0 Å². The summed E-state index contributed by atoms with van der Waals surface area (Å²) in [6.07, 6.45) is 57.2. The molecule has 0 radical (unpaired) electrons. The van der Waals surface area contributed by atoms with Crippen molar-refractivity contribution in [1.29, 1.82) is 0 Å². The van der Waals surface area contributed by atoms with Crippen LogP contribution in [0.25, 0.3) is 0 Å². The Morgan fingerprint density at radius 2 is 0.736 bits per heavy atom. The lowest BCUT2D eigenvalue weighted by Crippen LogP contribution is -2.27. The highest BCUT2D eigenvalue weighted by Gasteiger charge is 2.13. The largest absolute Gasteiger partial charge is 0.457 e. The fourth-order valence-electron chi connectivity index (χ4n) is 7.44. The van der Waals surface area contributed by atoms with Crippen molar-refractivity contribution in [1.82, 2.24) is 0 Å². The van der Waals surface area contributed by atoms with Crippen molar-refractivity contribution in [2.75, 3.05) is 19.8 Å². The smallest absolute Gasteiger partial charge is 0.306 e. The van der Waals surface area contributed by atoms with Crippen LogP contribution < -0.4 is 0 Å². The Labute approximate surface area is 333 Å². The molecule has 0 amide bonds. The first kappa shape index (κ1) is 52.1. The number of carbonyl (C=O) groups is 1. The molecule has 316 valence electrons. The summed E-state index contributed by atoms with van der Waals surface area (Å²) < 4.78 is 11.2. The molecule has 0 aliphatic heterocycles. The molecule has 1 N–H and O–H groups in total. The van der Waals surface area contributed by atoms with Crippen LogP contribution in [0.15, 0.2) is 12.2 Å². The molecule has 0 fully saturated rings. The molecule has 0 aromatic carbocycles. The highest BCUT2D eigenvalue weighted by atomic mass is 16.6. The molecule has 53 heavy (non-hydrogen) atoms. The molecule has 0 bridgehead atoms. The molecule has 0 aromatic heterocycles. The monoisotopic (exact) mass is 749 g/mol. The van der Waals surface area contributed by atoms with E-state index in [1.807, 2.05) is 0 Å². The number of ether oxygens (including phenoxy) is 2. The number of hydrogen-bond acceptors (Lipinski definition) is 4. The number of hydrogen-bond donors (Lipinski definition) is 1. The SMILES string of the molecule is CCCCCCCC/C=C\CCCCCCCCCCOCC(CO)OC(=O)CCCCCCCCCCCCCCCCCCCCCCCCC. The maximum atomic E-state index is 12.2. The number of allylic oxidation sites excluding steroid dienone is 2. The summed E-state index contributed by atoms with van der Waals surface area (Å²) in [5, 5.41) is 9.63. The second-order valence-corrected chi connectivity index (χ2v) is 16.5. The minimum atomic E-state index is -0.530. The lowest BCUT2D eigenvalue weighted by Gasteiger charge is -2.16. The van der Waals surface area contributed by atoms with Crippen molar-refractivity contribution in [2.24, 2.45) is 0 Å². The van der Waals surface area contributed by atoms with Crippen LogP contribution >= 0.6 is 0 Å². The van der Waals surface area contributed by atoms with Gasteiger partial charge in [-0.3, -0.25) is 4.79 Å². The van der Waals surface area contributed by atoms with Crippen molar-refractivity contribution in [3.63, 3.8) is 0 Å². The summed E-state index contributed by atoms with van der Waals surface area (Å²) >= 11 is 0. The summed E-state index contributed by atoms with van der Waals surface area (Å²) in [7, 11) is 0. The van der Waals surface area contributed by atoms with E-state index in [4.69, 9.17) is 9.47 Å². The van der Waals surface area contributed by atoms with Crippen molar-refractivity contribution in [2.45, 2.75) is 277 Å². The Morgan fingerprint density at radius 1 is 0.434 bits per heavy atom. The molecule has 1 atom stereocenters. The minimum Gasteiger partial charge on any atom is -0.457 e. The van der Waals surface area contributed by atoms with E-state index in [0.29, 0.717) is 19.6 Å². The van der Waals surface area contributed by atoms with Gasteiger partial charge in [-0.25, -0.2) is 0 Å². The van der Waals surface area contributed by atoms with Crippen molar-refractivity contribution in [3.8, 4) is 0 Å². The zero-order chi connectivity index (χ0) is 38.4. The topological polar surface area (TPSA) is 55.8 Å². The van der Waals surface area contributed by atoms with Crippen LogP contribution in [-0.4, -0.2) is 37.0 Å². The van der Waals surface area contributed by atoms with Gasteiger partial charge in [-0.05, 0) is 38.5 Å². The number of aliphatic hydroxyl groups is 1. The van der Waals surface area contributed by atoms with Gasteiger partial charge in [-0.2, -0.15) is 0 Å². The molecule has 0 aliphatic rings. The predicted molar refractivity (Wildman–Crippen MR) is 233 cm³/mol. The maximum Gasteiger partial charge on any atom is 0.306 e. The van der Waals surface area contributed by atoms with E-state index in [1.165, 1.54) is 231 Å². The van der Waals surface area contributed by atoms with Crippen molar-refractivity contribution < 1.29 is 19.4 Å². The van der Waals surface area contributed by atoms with E-state index < -0.39 is 6.10 Å². The average Bonchev–Trinajstić information content (AvgIpc) is 3.16. The predicted octanol–water partition coefficient (Wildman–Crippen LogP) is 16.1. The van der Waals surface area contributed by atoms with E-state index in [2.05, 4.69) is 26.0 Å². The Hall–Kier alpha value is -0.870. The number of aliphatic hydroxyl groups excluding tert-OH is 1. The third-order valence-electron chi connectivity index (χ3n) is 11.1. The average molecular weight is 749 g/mol.